The second-order valence-corrected chi connectivity index (χ2v) is 6.77. The highest BCUT2D eigenvalue weighted by Gasteiger charge is 2.22. The van der Waals surface area contributed by atoms with E-state index in [4.69, 9.17) is 4.42 Å². The fourth-order valence-corrected chi connectivity index (χ4v) is 3.55. The number of nitrogens with zero attached hydrogens (tertiary/aromatic N) is 4. The maximum absolute atomic E-state index is 12.7. The monoisotopic (exact) mass is 354 g/mol. The van der Waals surface area contributed by atoms with Crippen LogP contribution in [0.2, 0.25) is 0 Å². The Morgan fingerprint density at radius 1 is 1.19 bits per heavy atom. The van der Waals surface area contributed by atoms with Crippen molar-refractivity contribution in [2.75, 3.05) is 32.7 Å². The van der Waals surface area contributed by atoms with Gasteiger partial charge < -0.3 is 14.2 Å². The highest BCUT2D eigenvalue weighted by atomic mass is 16.4. The number of aryl methyl sites for hydroxylation is 1. The molecule has 0 aliphatic carbocycles. The van der Waals surface area contributed by atoms with Gasteiger partial charge in [0.25, 0.3) is 0 Å². The number of benzene rings is 1. The van der Waals surface area contributed by atoms with Crippen LogP contribution in [0.3, 0.4) is 0 Å². The second-order valence-electron chi connectivity index (χ2n) is 6.77. The summed E-state index contributed by atoms with van der Waals surface area (Å²) < 4.78 is 7.01. The maximum Gasteiger partial charge on any atom is 0.347 e. The molecule has 1 amide bonds. The van der Waals surface area contributed by atoms with Crippen LogP contribution in [0.25, 0.3) is 21.9 Å². The molecule has 1 saturated heterocycles. The molecule has 1 aliphatic heterocycles. The van der Waals surface area contributed by atoms with Crippen molar-refractivity contribution in [2.45, 2.75) is 20.4 Å². The first-order valence-corrected chi connectivity index (χ1v) is 8.96. The minimum atomic E-state index is -0.424. The van der Waals surface area contributed by atoms with Crippen molar-refractivity contribution in [3.63, 3.8) is 0 Å². The third-order valence-corrected chi connectivity index (χ3v) is 5.11. The lowest BCUT2D eigenvalue weighted by molar-refractivity contribution is -0.133. The number of likely N-dealkylation sites (N-methyl/N-ethyl adjacent to an activating group) is 1. The van der Waals surface area contributed by atoms with Crippen molar-refractivity contribution >= 4 is 27.8 Å². The van der Waals surface area contributed by atoms with E-state index in [0.717, 1.165) is 43.7 Å². The van der Waals surface area contributed by atoms with Gasteiger partial charge in [0.15, 0.2) is 0 Å². The number of amides is 1. The molecule has 4 rings (SSSR count). The predicted molar refractivity (Wildman–Crippen MR) is 99.2 cm³/mol. The van der Waals surface area contributed by atoms with Crippen LogP contribution in [0.5, 0.6) is 0 Å². The van der Waals surface area contributed by atoms with Gasteiger partial charge >= 0.3 is 5.63 Å². The molecule has 0 bridgehead atoms. The fraction of sp³-hybridized carbons (Fsp3) is 0.421. The zero-order valence-corrected chi connectivity index (χ0v) is 15.1. The summed E-state index contributed by atoms with van der Waals surface area (Å²) in [6, 6.07) is 5.65. The molecule has 3 aromatic rings. The summed E-state index contributed by atoms with van der Waals surface area (Å²) >= 11 is 0. The largest absolute Gasteiger partial charge is 0.422 e. The summed E-state index contributed by atoms with van der Waals surface area (Å²) in [5.41, 5.74) is 1.81. The Bertz CT molecular complexity index is 1030. The molecule has 0 atom stereocenters. The Labute approximate surface area is 150 Å². The van der Waals surface area contributed by atoms with Crippen molar-refractivity contribution in [1.29, 1.82) is 0 Å². The van der Waals surface area contributed by atoms with Gasteiger partial charge in [0, 0.05) is 31.6 Å². The van der Waals surface area contributed by atoms with Gasteiger partial charge in [0.05, 0.1) is 11.7 Å². The number of hydrogen-bond donors (Lipinski definition) is 0. The third kappa shape index (κ3) is 2.88. The second kappa shape index (κ2) is 6.57. The summed E-state index contributed by atoms with van der Waals surface area (Å²) in [4.78, 5) is 29.2. The van der Waals surface area contributed by atoms with E-state index in [1.165, 1.54) is 6.20 Å². The minimum absolute atomic E-state index is 0.0276. The average Bonchev–Trinajstić information content (AvgIpc) is 3.07. The number of piperazine rings is 1. The molecule has 1 aliphatic rings. The first-order valence-electron chi connectivity index (χ1n) is 8.96. The molecule has 0 radical (unpaired) electrons. The van der Waals surface area contributed by atoms with Crippen molar-refractivity contribution in [3.8, 4) is 0 Å². The smallest absolute Gasteiger partial charge is 0.347 e. The van der Waals surface area contributed by atoms with Crippen LogP contribution in [-0.4, -0.2) is 58.2 Å². The highest BCUT2D eigenvalue weighted by Crippen LogP contribution is 2.24. The Hall–Kier alpha value is -2.67. The summed E-state index contributed by atoms with van der Waals surface area (Å²) in [6.45, 7) is 8.50. The van der Waals surface area contributed by atoms with Crippen LogP contribution >= 0.6 is 0 Å². The van der Waals surface area contributed by atoms with E-state index in [1.54, 1.807) is 10.7 Å². The normalized spacial score (nSPS) is 15.8. The first-order chi connectivity index (χ1) is 12.6. The number of aromatic nitrogens is 2. The molecule has 0 unspecified atom stereocenters. The molecule has 7 heteroatoms. The quantitative estimate of drug-likeness (QED) is 0.669. The molecular formula is C19H22N4O3. The van der Waals surface area contributed by atoms with Gasteiger partial charge in [-0.25, -0.2) is 4.79 Å². The number of carbonyl (C=O) groups is 1. The van der Waals surface area contributed by atoms with Crippen molar-refractivity contribution in [2.24, 2.45) is 0 Å². The number of hydrogen-bond acceptors (Lipinski definition) is 5. The van der Waals surface area contributed by atoms with E-state index in [1.807, 2.05) is 24.0 Å². The first kappa shape index (κ1) is 16.8. The van der Waals surface area contributed by atoms with Gasteiger partial charge in [0.1, 0.15) is 17.5 Å². The summed E-state index contributed by atoms with van der Waals surface area (Å²) in [7, 11) is 0. The van der Waals surface area contributed by atoms with E-state index in [2.05, 4.69) is 16.9 Å². The Morgan fingerprint density at radius 2 is 1.96 bits per heavy atom. The Kier molecular flexibility index (Phi) is 4.24. The maximum atomic E-state index is 12.7. The van der Waals surface area contributed by atoms with E-state index in [0.29, 0.717) is 16.5 Å². The minimum Gasteiger partial charge on any atom is -0.422 e. The highest BCUT2D eigenvalue weighted by molar-refractivity contribution is 6.02. The number of fused-ring (bicyclic) bond motifs is 3. The van der Waals surface area contributed by atoms with E-state index in [-0.39, 0.29) is 12.5 Å². The molecule has 7 nitrogen and oxygen atoms in total. The van der Waals surface area contributed by atoms with Crippen molar-refractivity contribution in [1.82, 2.24) is 19.6 Å². The van der Waals surface area contributed by atoms with Crippen molar-refractivity contribution < 1.29 is 9.21 Å². The molecule has 1 fully saturated rings. The van der Waals surface area contributed by atoms with Crippen LogP contribution in [0.1, 0.15) is 12.5 Å². The lowest BCUT2D eigenvalue weighted by Gasteiger charge is -2.34. The number of carbonyl (C=O) groups excluding carboxylic acids is 1. The van der Waals surface area contributed by atoms with Crippen molar-refractivity contribution in [3.05, 3.63) is 40.4 Å². The Balaban J connectivity index is 1.69. The summed E-state index contributed by atoms with van der Waals surface area (Å²) in [5.74, 6) is 0.0276. The number of rotatable bonds is 3. The van der Waals surface area contributed by atoms with Crippen LogP contribution in [0, 0.1) is 6.92 Å². The molecule has 136 valence electrons. The molecule has 0 spiro atoms. The molecule has 3 heterocycles. The fourth-order valence-electron chi connectivity index (χ4n) is 3.55. The van der Waals surface area contributed by atoms with E-state index >= 15 is 0 Å². The molecule has 2 aromatic heterocycles. The van der Waals surface area contributed by atoms with Crippen LogP contribution < -0.4 is 5.63 Å². The molecule has 0 saturated carbocycles. The van der Waals surface area contributed by atoms with Gasteiger partial charge in [-0.15, -0.1) is 0 Å². The molecule has 1 aromatic carbocycles. The SMILES string of the molecule is CCN1CCN(C(=O)Cn2ncc3c(=O)oc4ccc(C)cc4c32)CC1. The lowest BCUT2D eigenvalue weighted by atomic mass is 10.1. The van der Waals surface area contributed by atoms with E-state index in [9.17, 15) is 9.59 Å². The average molecular weight is 354 g/mol. The van der Waals surface area contributed by atoms with Crippen LogP contribution in [0.15, 0.2) is 33.6 Å². The molecular weight excluding hydrogens is 332 g/mol. The van der Waals surface area contributed by atoms with E-state index < -0.39 is 5.63 Å². The predicted octanol–water partition coefficient (Wildman–Crippen LogP) is 1.62. The molecule has 26 heavy (non-hydrogen) atoms. The van der Waals surface area contributed by atoms with Gasteiger partial charge in [-0.3, -0.25) is 9.48 Å². The van der Waals surface area contributed by atoms with Gasteiger partial charge in [-0.05, 0) is 25.6 Å². The zero-order valence-electron chi connectivity index (χ0n) is 15.1. The molecule has 0 N–H and O–H groups in total. The van der Waals surface area contributed by atoms with Gasteiger partial charge in [-0.2, -0.15) is 5.10 Å². The third-order valence-electron chi connectivity index (χ3n) is 5.11. The topological polar surface area (TPSA) is 71.6 Å². The summed E-state index contributed by atoms with van der Waals surface area (Å²) in [5, 5.41) is 5.52. The van der Waals surface area contributed by atoms with Gasteiger partial charge in [0.2, 0.25) is 5.91 Å². The van der Waals surface area contributed by atoms with Crippen LogP contribution in [0.4, 0.5) is 0 Å². The summed E-state index contributed by atoms with van der Waals surface area (Å²) in [6.07, 6.45) is 1.49. The Morgan fingerprint density at radius 3 is 2.69 bits per heavy atom. The lowest BCUT2D eigenvalue weighted by Crippen LogP contribution is -2.49. The van der Waals surface area contributed by atoms with Gasteiger partial charge in [-0.1, -0.05) is 18.6 Å². The zero-order chi connectivity index (χ0) is 18.3. The standard InChI is InChI=1S/C19H22N4O3/c1-3-21-6-8-22(9-7-21)17(24)12-23-18-14-10-13(2)4-5-16(14)26-19(25)15(18)11-20-23/h4-5,10-11H,3,6-9,12H2,1-2H3. The van der Waals surface area contributed by atoms with Crippen LogP contribution in [-0.2, 0) is 11.3 Å².